The quantitative estimate of drug-likeness (QED) is 0.604. The number of carbonyl (C=O) groups is 1. The fourth-order valence-electron chi connectivity index (χ4n) is 1.44. The molecule has 0 saturated carbocycles. The van der Waals surface area contributed by atoms with Crippen LogP contribution in [0.15, 0.2) is 9.95 Å². The van der Waals surface area contributed by atoms with Gasteiger partial charge in [0.05, 0.1) is 11.4 Å². The average Bonchev–Trinajstić information content (AvgIpc) is 2.42. The second-order valence-corrected chi connectivity index (χ2v) is 5.61. The molecule has 2 N–H and O–H groups in total. The Kier molecular flexibility index (Phi) is 6.25. The molecule has 1 aromatic rings. The van der Waals surface area contributed by atoms with Gasteiger partial charge in [-0.25, -0.2) is 4.98 Å². The number of hydrogen-bond acceptors (Lipinski definition) is 5. The first-order chi connectivity index (χ1) is 9.47. The summed E-state index contributed by atoms with van der Waals surface area (Å²) in [4.78, 5) is 30.0. The van der Waals surface area contributed by atoms with E-state index in [0.29, 0.717) is 29.7 Å². The van der Waals surface area contributed by atoms with Crippen LogP contribution in [0.5, 0.6) is 0 Å². The summed E-state index contributed by atoms with van der Waals surface area (Å²) in [6, 6.07) is 1.84. The molecule has 0 aliphatic rings. The number of aromatic nitrogens is 2. The van der Waals surface area contributed by atoms with Gasteiger partial charge in [0.15, 0.2) is 5.16 Å². The van der Waals surface area contributed by atoms with Crippen molar-refractivity contribution in [2.45, 2.75) is 32.3 Å². The van der Waals surface area contributed by atoms with Crippen molar-refractivity contribution in [3.8, 4) is 6.07 Å². The molecule has 0 aliphatic heterocycles. The molecular weight excluding hydrogens is 276 g/mol. The summed E-state index contributed by atoms with van der Waals surface area (Å²) < 4.78 is 0. The van der Waals surface area contributed by atoms with E-state index in [9.17, 15) is 9.59 Å². The summed E-state index contributed by atoms with van der Waals surface area (Å²) in [5, 5.41) is 12.0. The van der Waals surface area contributed by atoms with Gasteiger partial charge < -0.3 is 10.3 Å². The zero-order valence-corrected chi connectivity index (χ0v) is 12.6. The number of aryl methyl sites for hydroxylation is 1. The van der Waals surface area contributed by atoms with E-state index in [4.69, 9.17) is 5.26 Å². The van der Waals surface area contributed by atoms with Gasteiger partial charge in [0.1, 0.15) is 11.6 Å². The first-order valence-electron chi connectivity index (χ1n) is 6.40. The maximum Gasteiger partial charge on any atom is 0.269 e. The van der Waals surface area contributed by atoms with E-state index in [0.717, 1.165) is 11.8 Å². The molecule has 6 nitrogen and oxygen atoms in total. The van der Waals surface area contributed by atoms with Crippen LogP contribution < -0.4 is 10.9 Å². The zero-order chi connectivity index (χ0) is 15.1. The topological polar surface area (TPSA) is 98.6 Å². The van der Waals surface area contributed by atoms with Crippen LogP contribution in [0, 0.1) is 17.2 Å². The number of rotatable bonds is 6. The van der Waals surface area contributed by atoms with E-state index in [2.05, 4.69) is 15.3 Å². The number of hydrogen-bond donors (Lipinski definition) is 2. The summed E-state index contributed by atoms with van der Waals surface area (Å²) in [5.41, 5.74) is 0.0480. The minimum absolute atomic E-state index is 0.0427. The van der Waals surface area contributed by atoms with Crippen molar-refractivity contribution in [1.82, 2.24) is 15.3 Å². The van der Waals surface area contributed by atoms with E-state index in [-0.39, 0.29) is 17.2 Å². The molecule has 1 amide bonds. The first-order valence-corrected chi connectivity index (χ1v) is 7.39. The molecule has 20 heavy (non-hydrogen) atoms. The summed E-state index contributed by atoms with van der Waals surface area (Å²) in [5.74, 6) is 0.474. The number of carbonyl (C=O) groups excluding carboxylic acids is 1. The largest absolute Gasteiger partial charge is 0.355 e. The average molecular weight is 294 g/mol. The predicted octanol–water partition coefficient (Wildman–Crippen LogP) is 1.07. The molecule has 1 heterocycles. The lowest BCUT2D eigenvalue weighted by atomic mass is 10.2. The van der Waals surface area contributed by atoms with Crippen molar-refractivity contribution in [2.24, 2.45) is 5.92 Å². The Labute approximate surface area is 122 Å². The van der Waals surface area contributed by atoms with Crippen molar-refractivity contribution in [3.05, 3.63) is 21.6 Å². The third-order valence-electron chi connectivity index (χ3n) is 2.47. The number of aromatic amines is 1. The maximum atomic E-state index is 11.7. The van der Waals surface area contributed by atoms with Gasteiger partial charge in [0.2, 0.25) is 5.91 Å². The van der Waals surface area contributed by atoms with Crippen LogP contribution in [-0.2, 0) is 11.2 Å². The molecule has 0 radical (unpaired) electrons. The fourth-order valence-corrected chi connectivity index (χ4v) is 2.15. The highest BCUT2D eigenvalue weighted by atomic mass is 32.2. The monoisotopic (exact) mass is 294 g/mol. The van der Waals surface area contributed by atoms with Crippen molar-refractivity contribution in [1.29, 1.82) is 5.26 Å². The normalized spacial score (nSPS) is 10.3. The van der Waals surface area contributed by atoms with Crippen LogP contribution in [-0.4, -0.2) is 28.2 Å². The molecule has 7 heteroatoms. The first kappa shape index (κ1) is 16.2. The summed E-state index contributed by atoms with van der Waals surface area (Å²) in [7, 11) is 0. The van der Waals surface area contributed by atoms with Crippen molar-refractivity contribution in [2.75, 3.05) is 12.3 Å². The van der Waals surface area contributed by atoms with Gasteiger partial charge >= 0.3 is 0 Å². The molecule has 1 aromatic heterocycles. The van der Waals surface area contributed by atoms with Gasteiger partial charge in [0.25, 0.3) is 5.56 Å². The van der Waals surface area contributed by atoms with Crippen LogP contribution >= 0.6 is 11.8 Å². The smallest absolute Gasteiger partial charge is 0.269 e. The van der Waals surface area contributed by atoms with E-state index in [1.54, 1.807) is 0 Å². The molecule has 1 rings (SSSR count). The van der Waals surface area contributed by atoms with Crippen molar-refractivity contribution < 1.29 is 4.79 Å². The van der Waals surface area contributed by atoms with E-state index in [1.165, 1.54) is 0 Å². The SMILES string of the molecule is CCc1nc(SCC(=O)NCC(C)C)[nH]c(=O)c1C#N. The zero-order valence-electron chi connectivity index (χ0n) is 11.8. The summed E-state index contributed by atoms with van der Waals surface area (Å²) >= 11 is 1.15. The van der Waals surface area contributed by atoms with E-state index in [1.807, 2.05) is 26.8 Å². The van der Waals surface area contributed by atoms with Gasteiger partial charge in [-0.05, 0) is 12.3 Å². The number of nitrogens with one attached hydrogen (secondary N) is 2. The lowest BCUT2D eigenvalue weighted by Crippen LogP contribution is -2.29. The molecule has 0 bridgehead atoms. The Bertz CT molecular complexity index is 575. The molecule has 108 valence electrons. The minimum Gasteiger partial charge on any atom is -0.355 e. The van der Waals surface area contributed by atoms with Crippen LogP contribution in [0.1, 0.15) is 32.0 Å². The van der Waals surface area contributed by atoms with Gasteiger partial charge in [0, 0.05) is 6.54 Å². The summed E-state index contributed by atoms with van der Waals surface area (Å²) in [6.45, 7) is 6.48. The molecule has 0 saturated heterocycles. The van der Waals surface area contributed by atoms with Gasteiger partial charge in [-0.3, -0.25) is 9.59 Å². The summed E-state index contributed by atoms with van der Waals surface area (Å²) in [6.07, 6.45) is 0.500. The molecule has 0 atom stereocenters. The lowest BCUT2D eigenvalue weighted by Gasteiger charge is -2.07. The molecular formula is C13H18N4O2S. The van der Waals surface area contributed by atoms with Gasteiger partial charge in [-0.1, -0.05) is 32.5 Å². The van der Waals surface area contributed by atoms with Crippen LogP contribution in [0.3, 0.4) is 0 Å². The van der Waals surface area contributed by atoms with Crippen molar-refractivity contribution >= 4 is 17.7 Å². The number of H-pyrrole nitrogens is 1. The molecule has 0 unspecified atom stereocenters. The molecule has 0 aromatic carbocycles. The highest BCUT2D eigenvalue weighted by Crippen LogP contribution is 2.12. The molecule has 0 spiro atoms. The lowest BCUT2D eigenvalue weighted by molar-refractivity contribution is -0.118. The number of amides is 1. The predicted molar refractivity (Wildman–Crippen MR) is 77.5 cm³/mol. The third kappa shape index (κ3) is 4.70. The minimum atomic E-state index is -0.454. The maximum absolute atomic E-state index is 11.7. The highest BCUT2D eigenvalue weighted by Gasteiger charge is 2.11. The highest BCUT2D eigenvalue weighted by molar-refractivity contribution is 7.99. The van der Waals surface area contributed by atoms with Gasteiger partial charge in [-0.2, -0.15) is 5.26 Å². The second kappa shape index (κ2) is 7.70. The number of thioether (sulfide) groups is 1. The Hall–Kier alpha value is -1.81. The standard InChI is InChI=1S/C13H18N4O2S/c1-4-10-9(5-14)12(19)17-13(16-10)20-7-11(18)15-6-8(2)3/h8H,4,6-7H2,1-3H3,(H,15,18)(H,16,17,19). The van der Waals surface area contributed by atoms with Crippen LogP contribution in [0.4, 0.5) is 0 Å². The number of nitriles is 1. The Morgan fingerprint density at radius 3 is 2.80 bits per heavy atom. The Morgan fingerprint density at radius 2 is 2.25 bits per heavy atom. The number of nitrogens with zero attached hydrogens (tertiary/aromatic N) is 2. The van der Waals surface area contributed by atoms with Crippen LogP contribution in [0.25, 0.3) is 0 Å². The van der Waals surface area contributed by atoms with E-state index < -0.39 is 5.56 Å². The van der Waals surface area contributed by atoms with Gasteiger partial charge in [-0.15, -0.1) is 0 Å². The third-order valence-corrected chi connectivity index (χ3v) is 3.34. The Balaban J connectivity index is 2.70. The molecule has 0 aliphatic carbocycles. The van der Waals surface area contributed by atoms with E-state index >= 15 is 0 Å². The second-order valence-electron chi connectivity index (χ2n) is 4.64. The molecule has 0 fully saturated rings. The van der Waals surface area contributed by atoms with Crippen LogP contribution in [0.2, 0.25) is 0 Å². The Morgan fingerprint density at radius 1 is 1.55 bits per heavy atom. The fraction of sp³-hybridized carbons (Fsp3) is 0.538. The van der Waals surface area contributed by atoms with Crippen molar-refractivity contribution in [3.63, 3.8) is 0 Å².